The van der Waals surface area contributed by atoms with Crippen LogP contribution >= 0.6 is 11.6 Å². The summed E-state index contributed by atoms with van der Waals surface area (Å²) in [6, 6.07) is 24.5. The van der Waals surface area contributed by atoms with Crippen LogP contribution in [0.2, 0.25) is 5.02 Å². The van der Waals surface area contributed by atoms with Crippen LogP contribution in [0.5, 0.6) is 0 Å². The highest BCUT2D eigenvalue weighted by Gasteiger charge is 2.03. The molecule has 0 bridgehead atoms. The molecule has 0 unspecified atom stereocenters. The number of halogens is 1. The molecule has 0 spiro atoms. The van der Waals surface area contributed by atoms with E-state index in [1.54, 1.807) is 24.3 Å². The summed E-state index contributed by atoms with van der Waals surface area (Å²) in [5.41, 5.74) is 3.62. The maximum Gasteiger partial charge on any atom is 0.323 e. The molecule has 4 heteroatoms. The molecule has 0 aliphatic heterocycles. The summed E-state index contributed by atoms with van der Waals surface area (Å²) in [5, 5.41) is 6.12. The second kappa shape index (κ2) is 6.99. The number of rotatable bonds is 3. The van der Waals surface area contributed by atoms with Crippen LogP contribution in [-0.4, -0.2) is 6.03 Å². The van der Waals surface area contributed by atoms with E-state index < -0.39 is 0 Å². The van der Waals surface area contributed by atoms with E-state index in [1.807, 2.05) is 54.6 Å². The van der Waals surface area contributed by atoms with Gasteiger partial charge in [-0.25, -0.2) is 4.79 Å². The van der Waals surface area contributed by atoms with Crippen LogP contribution in [-0.2, 0) is 0 Å². The zero-order valence-corrected chi connectivity index (χ0v) is 13.0. The Morgan fingerprint density at radius 1 is 0.696 bits per heavy atom. The van der Waals surface area contributed by atoms with Gasteiger partial charge >= 0.3 is 6.03 Å². The molecule has 2 amide bonds. The average Bonchev–Trinajstić information content (AvgIpc) is 2.56. The van der Waals surface area contributed by atoms with E-state index in [0.717, 1.165) is 16.8 Å². The van der Waals surface area contributed by atoms with Crippen LogP contribution < -0.4 is 10.6 Å². The predicted molar refractivity (Wildman–Crippen MR) is 96.0 cm³/mol. The van der Waals surface area contributed by atoms with Crippen molar-refractivity contribution >= 4 is 29.0 Å². The van der Waals surface area contributed by atoms with Crippen LogP contribution in [0.1, 0.15) is 0 Å². The van der Waals surface area contributed by atoms with Gasteiger partial charge in [-0.15, -0.1) is 0 Å². The fraction of sp³-hybridized carbons (Fsp3) is 0. The first-order chi connectivity index (χ1) is 11.2. The second-order valence-electron chi connectivity index (χ2n) is 5.03. The van der Waals surface area contributed by atoms with E-state index in [4.69, 9.17) is 11.6 Å². The lowest BCUT2D eigenvalue weighted by Crippen LogP contribution is -2.19. The molecule has 0 aliphatic carbocycles. The molecule has 23 heavy (non-hydrogen) atoms. The monoisotopic (exact) mass is 322 g/mol. The van der Waals surface area contributed by atoms with E-state index in [9.17, 15) is 4.79 Å². The van der Waals surface area contributed by atoms with Crippen molar-refractivity contribution in [3.05, 3.63) is 83.9 Å². The number of urea groups is 1. The van der Waals surface area contributed by atoms with Gasteiger partial charge in [0.2, 0.25) is 0 Å². The molecular weight excluding hydrogens is 308 g/mol. The number of benzene rings is 3. The van der Waals surface area contributed by atoms with Gasteiger partial charge in [0.1, 0.15) is 0 Å². The Morgan fingerprint density at radius 3 is 2.04 bits per heavy atom. The molecule has 0 heterocycles. The molecule has 3 nitrogen and oxygen atoms in total. The lowest BCUT2D eigenvalue weighted by Gasteiger charge is -2.09. The largest absolute Gasteiger partial charge is 0.323 e. The molecule has 0 fully saturated rings. The Labute approximate surface area is 139 Å². The minimum atomic E-state index is -0.306. The Bertz CT molecular complexity index is 801. The predicted octanol–water partition coefficient (Wildman–Crippen LogP) is 5.65. The quantitative estimate of drug-likeness (QED) is 0.642. The summed E-state index contributed by atoms with van der Waals surface area (Å²) in [7, 11) is 0. The molecule has 0 atom stereocenters. The van der Waals surface area contributed by atoms with Crippen LogP contribution in [0.15, 0.2) is 78.9 Å². The first-order valence-electron chi connectivity index (χ1n) is 7.20. The lowest BCUT2D eigenvalue weighted by atomic mass is 10.1. The summed E-state index contributed by atoms with van der Waals surface area (Å²) in [6.45, 7) is 0. The van der Waals surface area contributed by atoms with Crippen LogP contribution in [0.25, 0.3) is 11.1 Å². The summed E-state index contributed by atoms with van der Waals surface area (Å²) in [4.78, 5) is 12.0. The molecular formula is C19H15ClN2O. The maximum atomic E-state index is 12.0. The van der Waals surface area contributed by atoms with Gasteiger partial charge in [0.25, 0.3) is 0 Å². The van der Waals surface area contributed by atoms with Gasteiger partial charge in [-0.05, 0) is 41.5 Å². The highest BCUT2D eigenvalue weighted by Crippen LogP contribution is 2.21. The molecule has 3 rings (SSSR count). The normalized spacial score (nSPS) is 10.1. The van der Waals surface area contributed by atoms with Crippen molar-refractivity contribution in [3.63, 3.8) is 0 Å². The molecule has 114 valence electrons. The number of anilines is 2. The van der Waals surface area contributed by atoms with Crippen LogP contribution in [0.4, 0.5) is 16.2 Å². The fourth-order valence-electron chi connectivity index (χ4n) is 2.24. The van der Waals surface area contributed by atoms with E-state index >= 15 is 0 Å². The molecule has 0 aromatic heterocycles. The Kier molecular flexibility index (Phi) is 4.60. The fourth-order valence-corrected chi connectivity index (χ4v) is 2.43. The number of carbonyl (C=O) groups is 1. The van der Waals surface area contributed by atoms with Gasteiger partial charge in [-0.1, -0.05) is 60.1 Å². The Balaban J connectivity index is 1.65. The molecule has 2 N–H and O–H groups in total. The van der Waals surface area contributed by atoms with E-state index in [2.05, 4.69) is 10.6 Å². The van der Waals surface area contributed by atoms with Crippen molar-refractivity contribution in [2.24, 2.45) is 0 Å². The highest BCUT2D eigenvalue weighted by molar-refractivity contribution is 6.30. The highest BCUT2D eigenvalue weighted by atomic mass is 35.5. The standard InChI is InChI=1S/C19H15ClN2O/c20-16-7-4-8-18(13-16)22-19(23)21-17-11-9-15(10-12-17)14-5-2-1-3-6-14/h1-13H,(H2,21,22,23). The third-order valence-corrected chi connectivity index (χ3v) is 3.57. The summed E-state index contributed by atoms with van der Waals surface area (Å²) in [5.74, 6) is 0. The van der Waals surface area contributed by atoms with Crippen molar-refractivity contribution < 1.29 is 4.79 Å². The molecule has 0 radical (unpaired) electrons. The lowest BCUT2D eigenvalue weighted by molar-refractivity contribution is 0.262. The first-order valence-corrected chi connectivity index (χ1v) is 7.57. The minimum Gasteiger partial charge on any atom is -0.308 e. The molecule has 0 saturated heterocycles. The molecule has 3 aromatic rings. The number of amides is 2. The van der Waals surface area contributed by atoms with Gasteiger partial charge in [-0.3, -0.25) is 0 Å². The van der Waals surface area contributed by atoms with Crippen molar-refractivity contribution in [3.8, 4) is 11.1 Å². The third-order valence-electron chi connectivity index (χ3n) is 3.33. The summed E-state index contributed by atoms with van der Waals surface area (Å²) in [6.07, 6.45) is 0. The zero-order valence-electron chi connectivity index (χ0n) is 12.3. The van der Waals surface area contributed by atoms with Gasteiger partial charge < -0.3 is 10.6 Å². The Morgan fingerprint density at radius 2 is 1.35 bits per heavy atom. The Hall–Kier alpha value is -2.78. The van der Waals surface area contributed by atoms with Gasteiger partial charge in [0.05, 0.1) is 0 Å². The van der Waals surface area contributed by atoms with E-state index in [0.29, 0.717) is 10.7 Å². The zero-order chi connectivity index (χ0) is 16.1. The SMILES string of the molecule is O=C(Nc1ccc(-c2ccccc2)cc1)Nc1cccc(Cl)c1. The van der Waals surface area contributed by atoms with E-state index in [-0.39, 0.29) is 6.03 Å². The van der Waals surface area contributed by atoms with Crippen LogP contribution in [0.3, 0.4) is 0 Å². The van der Waals surface area contributed by atoms with E-state index in [1.165, 1.54) is 0 Å². The topological polar surface area (TPSA) is 41.1 Å². The van der Waals surface area contributed by atoms with Gasteiger partial charge in [0, 0.05) is 16.4 Å². The molecule has 3 aromatic carbocycles. The van der Waals surface area contributed by atoms with Crippen molar-refractivity contribution in [2.75, 3.05) is 10.6 Å². The minimum absolute atomic E-state index is 0.306. The second-order valence-corrected chi connectivity index (χ2v) is 5.47. The number of hydrogen-bond acceptors (Lipinski definition) is 1. The van der Waals surface area contributed by atoms with Gasteiger partial charge in [0.15, 0.2) is 0 Å². The smallest absolute Gasteiger partial charge is 0.308 e. The van der Waals surface area contributed by atoms with Crippen molar-refractivity contribution in [1.29, 1.82) is 0 Å². The van der Waals surface area contributed by atoms with Crippen molar-refractivity contribution in [1.82, 2.24) is 0 Å². The number of carbonyl (C=O) groups excluding carboxylic acids is 1. The van der Waals surface area contributed by atoms with Gasteiger partial charge in [-0.2, -0.15) is 0 Å². The summed E-state index contributed by atoms with van der Waals surface area (Å²) < 4.78 is 0. The average molecular weight is 323 g/mol. The number of hydrogen-bond donors (Lipinski definition) is 2. The van der Waals surface area contributed by atoms with Crippen molar-refractivity contribution in [2.45, 2.75) is 0 Å². The first kappa shape index (κ1) is 15.1. The number of nitrogens with one attached hydrogen (secondary N) is 2. The van der Waals surface area contributed by atoms with Crippen LogP contribution in [0, 0.1) is 0 Å². The molecule has 0 saturated carbocycles. The maximum absolute atomic E-state index is 12.0. The molecule has 0 aliphatic rings. The summed E-state index contributed by atoms with van der Waals surface area (Å²) >= 11 is 5.89. The third kappa shape index (κ3) is 4.11.